The van der Waals surface area contributed by atoms with Gasteiger partial charge in [-0.2, -0.15) is 0 Å². The van der Waals surface area contributed by atoms with E-state index in [0.29, 0.717) is 19.0 Å². The zero-order valence-electron chi connectivity index (χ0n) is 15.9. The Kier molecular flexibility index (Phi) is 6.34. The van der Waals surface area contributed by atoms with Crippen LogP contribution in [-0.2, 0) is 21.2 Å². The van der Waals surface area contributed by atoms with E-state index >= 15 is 0 Å². The maximum absolute atomic E-state index is 14.1. The van der Waals surface area contributed by atoms with Crippen molar-refractivity contribution < 1.29 is 17.6 Å². The number of likely N-dealkylation sites (tertiary alicyclic amines) is 1. The number of nitrogens with zero attached hydrogens (tertiary/aromatic N) is 2. The zero-order valence-corrected chi connectivity index (χ0v) is 16.7. The molecule has 0 atom stereocenters. The van der Waals surface area contributed by atoms with Gasteiger partial charge in [-0.05, 0) is 42.9 Å². The highest BCUT2D eigenvalue weighted by atomic mass is 32.2. The molecule has 0 aliphatic carbocycles. The fraction of sp³-hybridized carbons (Fsp3) is 0.381. The molecule has 0 unspecified atom stereocenters. The number of rotatable bonds is 6. The highest BCUT2D eigenvalue weighted by Gasteiger charge is 2.28. The van der Waals surface area contributed by atoms with E-state index in [2.05, 4.69) is 12.1 Å². The van der Waals surface area contributed by atoms with E-state index in [1.807, 2.05) is 18.2 Å². The third kappa shape index (κ3) is 5.10. The maximum atomic E-state index is 14.1. The molecule has 1 aliphatic rings. The first-order valence-electron chi connectivity index (χ1n) is 9.38. The van der Waals surface area contributed by atoms with Gasteiger partial charge in [0, 0.05) is 13.1 Å². The summed E-state index contributed by atoms with van der Waals surface area (Å²) < 4.78 is 39.2. The SMILES string of the molecule is CS(=O)(=O)N(CC(=O)N1CCC(Cc2ccccc2)CC1)c1ccccc1F. The van der Waals surface area contributed by atoms with Crippen molar-refractivity contribution in [2.24, 2.45) is 5.92 Å². The molecule has 2 aromatic rings. The Morgan fingerprint density at radius 3 is 2.29 bits per heavy atom. The van der Waals surface area contributed by atoms with Crippen LogP contribution in [0.1, 0.15) is 18.4 Å². The number of piperidine rings is 1. The van der Waals surface area contributed by atoms with Crippen molar-refractivity contribution in [1.29, 1.82) is 0 Å². The first-order valence-corrected chi connectivity index (χ1v) is 11.2. The van der Waals surface area contributed by atoms with E-state index in [4.69, 9.17) is 0 Å². The zero-order chi connectivity index (χ0) is 20.1. The average Bonchev–Trinajstić information content (AvgIpc) is 2.67. The third-order valence-electron chi connectivity index (χ3n) is 5.13. The minimum atomic E-state index is -3.78. The van der Waals surface area contributed by atoms with Gasteiger partial charge in [0.25, 0.3) is 0 Å². The van der Waals surface area contributed by atoms with Crippen molar-refractivity contribution in [1.82, 2.24) is 4.90 Å². The lowest BCUT2D eigenvalue weighted by molar-refractivity contribution is -0.130. The summed E-state index contributed by atoms with van der Waals surface area (Å²) >= 11 is 0. The molecule has 150 valence electrons. The Morgan fingerprint density at radius 2 is 1.68 bits per heavy atom. The van der Waals surface area contributed by atoms with Gasteiger partial charge in [-0.1, -0.05) is 42.5 Å². The minimum absolute atomic E-state index is 0.0997. The first kappa shape index (κ1) is 20.3. The van der Waals surface area contributed by atoms with Gasteiger partial charge in [0.15, 0.2) is 0 Å². The summed E-state index contributed by atoms with van der Waals surface area (Å²) in [7, 11) is -3.78. The number of halogens is 1. The standard InChI is InChI=1S/C21H25FN2O3S/c1-28(26,27)24(20-10-6-5-9-19(20)22)16-21(25)23-13-11-18(12-14-23)15-17-7-3-2-4-8-17/h2-10,18H,11-16H2,1H3. The van der Waals surface area contributed by atoms with Gasteiger partial charge < -0.3 is 4.90 Å². The van der Waals surface area contributed by atoms with E-state index in [1.165, 1.54) is 23.8 Å². The fourth-order valence-corrected chi connectivity index (χ4v) is 4.44. The van der Waals surface area contributed by atoms with Crippen molar-refractivity contribution in [3.05, 3.63) is 66.0 Å². The van der Waals surface area contributed by atoms with E-state index < -0.39 is 15.8 Å². The number of anilines is 1. The molecular weight excluding hydrogens is 379 g/mol. The van der Waals surface area contributed by atoms with Crippen LogP contribution in [0.4, 0.5) is 10.1 Å². The number of sulfonamides is 1. The van der Waals surface area contributed by atoms with E-state index in [-0.39, 0.29) is 18.1 Å². The minimum Gasteiger partial charge on any atom is -0.341 e. The second-order valence-corrected chi connectivity index (χ2v) is 9.14. The topological polar surface area (TPSA) is 57.7 Å². The highest BCUT2D eigenvalue weighted by molar-refractivity contribution is 7.92. The van der Waals surface area contributed by atoms with Crippen molar-refractivity contribution in [2.75, 3.05) is 30.2 Å². The maximum Gasteiger partial charge on any atom is 0.243 e. The van der Waals surface area contributed by atoms with Crippen LogP contribution in [0.2, 0.25) is 0 Å². The molecule has 0 radical (unpaired) electrons. The average molecular weight is 405 g/mol. The van der Waals surface area contributed by atoms with E-state index in [9.17, 15) is 17.6 Å². The van der Waals surface area contributed by atoms with Crippen molar-refractivity contribution >= 4 is 21.6 Å². The van der Waals surface area contributed by atoms with Gasteiger partial charge in [0.05, 0.1) is 11.9 Å². The molecule has 7 heteroatoms. The number of benzene rings is 2. The van der Waals surface area contributed by atoms with Gasteiger partial charge >= 0.3 is 0 Å². The lowest BCUT2D eigenvalue weighted by atomic mass is 9.90. The fourth-order valence-electron chi connectivity index (χ4n) is 3.59. The van der Waals surface area contributed by atoms with Crippen molar-refractivity contribution in [3.63, 3.8) is 0 Å². The van der Waals surface area contributed by atoms with Crippen LogP contribution >= 0.6 is 0 Å². The molecule has 28 heavy (non-hydrogen) atoms. The summed E-state index contributed by atoms with van der Waals surface area (Å²) in [4.78, 5) is 14.4. The molecule has 0 spiro atoms. The molecule has 1 saturated heterocycles. The summed E-state index contributed by atoms with van der Waals surface area (Å²) in [6.45, 7) is 0.791. The largest absolute Gasteiger partial charge is 0.341 e. The van der Waals surface area contributed by atoms with Crippen LogP contribution < -0.4 is 4.31 Å². The highest BCUT2D eigenvalue weighted by Crippen LogP contribution is 2.24. The van der Waals surface area contributed by atoms with Crippen LogP contribution in [0.15, 0.2) is 54.6 Å². The Bertz CT molecular complexity index is 910. The molecule has 5 nitrogen and oxygen atoms in total. The molecule has 0 saturated carbocycles. The molecule has 2 aromatic carbocycles. The quantitative estimate of drug-likeness (QED) is 0.744. The molecule has 0 N–H and O–H groups in total. The Labute approximate surface area is 165 Å². The van der Waals surface area contributed by atoms with Gasteiger partial charge in [-0.15, -0.1) is 0 Å². The lowest BCUT2D eigenvalue weighted by Crippen LogP contribution is -2.46. The van der Waals surface area contributed by atoms with Crippen LogP contribution in [0, 0.1) is 11.7 Å². The number of carbonyl (C=O) groups excluding carboxylic acids is 1. The number of carbonyl (C=O) groups is 1. The molecule has 0 aromatic heterocycles. The predicted molar refractivity (Wildman–Crippen MR) is 108 cm³/mol. The number of para-hydroxylation sites is 1. The molecule has 1 fully saturated rings. The molecule has 1 amide bonds. The smallest absolute Gasteiger partial charge is 0.243 e. The third-order valence-corrected chi connectivity index (χ3v) is 6.26. The van der Waals surface area contributed by atoms with Gasteiger partial charge in [-0.3, -0.25) is 9.10 Å². The molecule has 3 rings (SSSR count). The second-order valence-electron chi connectivity index (χ2n) is 7.23. The summed E-state index contributed by atoms with van der Waals surface area (Å²) in [6.07, 6.45) is 3.71. The van der Waals surface area contributed by atoms with E-state index in [0.717, 1.165) is 29.8 Å². The Hall–Kier alpha value is -2.41. The van der Waals surface area contributed by atoms with Gasteiger partial charge in [0.2, 0.25) is 15.9 Å². The van der Waals surface area contributed by atoms with Crippen LogP contribution in [0.3, 0.4) is 0 Å². The molecule has 1 heterocycles. The van der Waals surface area contributed by atoms with Gasteiger partial charge in [-0.25, -0.2) is 12.8 Å². The Balaban J connectivity index is 1.62. The predicted octanol–water partition coefficient (Wildman–Crippen LogP) is 3.07. The van der Waals surface area contributed by atoms with E-state index in [1.54, 1.807) is 11.0 Å². The lowest BCUT2D eigenvalue weighted by Gasteiger charge is -2.33. The van der Waals surface area contributed by atoms with Gasteiger partial charge in [0.1, 0.15) is 12.4 Å². The summed E-state index contributed by atoms with van der Waals surface area (Å²) in [5.74, 6) is -0.460. The van der Waals surface area contributed by atoms with Crippen molar-refractivity contribution in [2.45, 2.75) is 19.3 Å². The summed E-state index contributed by atoms with van der Waals surface area (Å²) in [5, 5.41) is 0. The molecule has 1 aliphatic heterocycles. The van der Waals surface area contributed by atoms with Crippen LogP contribution in [0.5, 0.6) is 0 Å². The normalized spacial score (nSPS) is 15.4. The second kappa shape index (κ2) is 8.73. The Morgan fingerprint density at radius 1 is 1.07 bits per heavy atom. The van der Waals surface area contributed by atoms with Crippen LogP contribution in [-0.4, -0.2) is 45.1 Å². The number of amides is 1. The van der Waals surface area contributed by atoms with Crippen LogP contribution in [0.25, 0.3) is 0 Å². The first-order chi connectivity index (χ1) is 13.3. The summed E-state index contributed by atoms with van der Waals surface area (Å²) in [5.41, 5.74) is 1.19. The van der Waals surface area contributed by atoms with Crippen molar-refractivity contribution in [3.8, 4) is 0 Å². The number of hydrogen-bond donors (Lipinski definition) is 0. The molecule has 0 bridgehead atoms. The summed E-state index contributed by atoms with van der Waals surface area (Å²) in [6, 6.07) is 15.9. The monoisotopic (exact) mass is 404 g/mol. The molecular formula is C21H25FN2O3S. The number of hydrogen-bond acceptors (Lipinski definition) is 3.